The Morgan fingerprint density at radius 3 is 2.51 bits per heavy atom. The van der Waals surface area contributed by atoms with Crippen molar-refractivity contribution in [1.82, 2.24) is 24.7 Å². The number of carbonyl (C=O) groups excluding carboxylic acids is 2. The van der Waals surface area contributed by atoms with E-state index in [0.29, 0.717) is 29.1 Å². The molecule has 2 heterocycles. The number of Topliss-reactive ketones (excluding diaryl/α,β-unsaturated/α-hetero) is 1. The fraction of sp³-hybridized carbons (Fsp3) is 0.435. The average Bonchev–Trinajstić information content (AvgIpc) is 3.07. The molecule has 2 aromatic heterocycles. The second-order valence-corrected chi connectivity index (χ2v) is 8.79. The van der Waals surface area contributed by atoms with E-state index in [1.54, 1.807) is 32.0 Å². The Kier molecular flexibility index (Phi) is 9.00. The normalized spacial score (nSPS) is 11.1. The molecule has 0 aliphatic carbocycles. The van der Waals surface area contributed by atoms with Crippen LogP contribution >= 0.6 is 12.4 Å². The molecule has 0 spiro atoms. The number of nitrogens with one attached hydrogen (secondary N) is 2. The quantitative estimate of drug-likeness (QED) is 0.398. The number of aromatic nitrogens is 4. The van der Waals surface area contributed by atoms with Crippen molar-refractivity contribution >= 4 is 29.9 Å². The van der Waals surface area contributed by atoms with E-state index in [1.807, 2.05) is 26.8 Å². The van der Waals surface area contributed by atoms with Crippen LogP contribution in [0.15, 0.2) is 24.3 Å². The number of halogens is 1. The predicted molar refractivity (Wildman–Crippen MR) is 131 cm³/mol. The van der Waals surface area contributed by atoms with Crippen LogP contribution in [0.25, 0.3) is 5.65 Å². The smallest absolute Gasteiger partial charge is 0.413 e. The molecule has 0 atom stereocenters. The number of benzene rings is 1. The number of aryl methyl sites for hydroxylation is 1. The maximum Gasteiger partial charge on any atom is 0.413 e. The van der Waals surface area contributed by atoms with Crippen molar-refractivity contribution in [2.75, 3.05) is 19.8 Å². The van der Waals surface area contributed by atoms with Crippen LogP contribution in [0.5, 0.6) is 11.6 Å². The van der Waals surface area contributed by atoms with Gasteiger partial charge in [-0.15, -0.1) is 22.6 Å². The highest BCUT2D eigenvalue weighted by atomic mass is 35.5. The molecular formula is C23H31ClN6O5. The topological polar surface area (TPSA) is 144 Å². The average molecular weight is 507 g/mol. The van der Waals surface area contributed by atoms with Gasteiger partial charge in [-0.05, 0) is 43.0 Å². The monoisotopic (exact) mass is 506 g/mol. The third-order valence-corrected chi connectivity index (χ3v) is 5.02. The zero-order chi connectivity index (χ0) is 25.0. The largest absolute Gasteiger partial charge is 0.491 e. The van der Waals surface area contributed by atoms with Gasteiger partial charge in [-0.1, -0.05) is 20.8 Å². The van der Waals surface area contributed by atoms with E-state index in [-0.39, 0.29) is 54.9 Å². The zero-order valence-electron chi connectivity index (χ0n) is 20.4. The van der Waals surface area contributed by atoms with E-state index in [1.165, 1.54) is 9.20 Å². The van der Waals surface area contributed by atoms with Gasteiger partial charge in [-0.2, -0.15) is 4.52 Å². The number of fused-ring (bicyclic) bond motifs is 1. The first kappa shape index (κ1) is 27.8. The van der Waals surface area contributed by atoms with Crippen molar-refractivity contribution in [2.24, 2.45) is 0 Å². The van der Waals surface area contributed by atoms with Gasteiger partial charge in [0.1, 0.15) is 18.9 Å². The molecule has 0 bridgehead atoms. The molecule has 0 fully saturated rings. The molecule has 0 saturated heterocycles. The molecular weight excluding hydrogens is 476 g/mol. The van der Waals surface area contributed by atoms with E-state index < -0.39 is 6.09 Å². The van der Waals surface area contributed by atoms with E-state index in [4.69, 9.17) is 20.0 Å². The molecule has 3 rings (SSSR count). The number of rotatable bonds is 8. The maximum absolute atomic E-state index is 13.2. The summed E-state index contributed by atoms with van der Waals surface area (Å²) in [6, 6.07) is 6.82. The number of hydrogen-bond acceptors (Lipinski definition) is 8. The molecule has 3 N–H and O–H groups in total. The summed E-state index contributed by atoms with van der Waals surface area (Å²) in [6.07, 6.45) is -0.651. The van der Waals surface area contributed by atoms with Gasteiger partial charge >= 0.3 is 6.09 Å². The second-order valence-electron chi connectivity index (χ2n) is 8.79. The van der Waals surface area contributed by atoms with Crippen molar-refractivity contribution in [3.05, 3.63) is 46.6 Å². The van der Waals surface area contributed by atoms with Crippen LogP contribution in [-0.4, -0.2) is 56.1 Å². The Morgan fingerprint density at radius 2 is 1.89 bits per heavy atom. The standard InChI is InChI=1S/C23H30N6O5.ClH/c1-6-25-22(32)34-19-9-14(2)20-27-28(21(24)29(20)26-19)13-18(31)15-10-16(23(3,4)5)12-17(11-15)33-8-7-30;/h9-12,24,30H,6-8,13H2,1-5H3,(H,25,32);1H. The summed E-state index contributed by atoms with van der Waals surface area (Å²) in [5.41, 5.74) is 1.94. The lowest BCUT2D eigenvalue weighted by Crippen LogP contribution is -2.28. The van der Waals surface area contributed by atoms with Gasteiger partial charge in [0, 0.05) is 23.7 Å². The van der Waals surface area contributed by atoms with Gasteiger partial charge < -0.3 is 19.9 Å². The van der Waals surface area contributed by atoms with Crippen LogP contribution in [0, 0.1) is 12.3 Å². The van der Waals surface area contributed by atoms with Crippen molar-refractivity contribution < 1.29 is 24.2 Å². The Balaban J connectivity index is 0.00000432. The predicted octanol–water partition coefficient (Wildman–Crippen LogP) is 2.40. The number of aliphatic hydroxyl groups is 1. The fourth-order valence-electron chi connectivity index (χ4n) is 3.23. The van der Waals surface area contributed by atoms with Crippen molar-refractivity contribution in [3.8, 4) is 11.6 Å². The summed E-state index contributed by atoms with van der Waals surface area (Å²) in [5.74, 6) is 0.239. The van der Waals surface area contributed by atoms with Crippen LogP contribution in [-0.2, 0) is 12.0 Å². The molecule has 3 aromatic rings. The summed E-state index contributed by atoms with van der Waals surface area (Å²) in [7, 11) is 0. The molecule has 0 aliphatic heterocycles. The van der Waals surface area contributed by atoms with E-state index in [0.717, 1.165) is 5.56 Å². The van der Waals surface area contributed by atoms with Crippen molar-refractivity contribution in [2.45, 2.75) is 46.6 Å². The number of ketones is 1. The summed E-state index contributed by atoms with van der Waals surface area (Å²) in [5, 5.41) is 28.6. The highest BCUT2D eigenvalue weighted by Gasteiger charge is 2.20. The molecule has 1 amide bonds. The lowest BCUT2D eigenvalue weighted by Gasteiger charge is -2.21. The third kappa shape index (κ3) is 6.58. The molecule has 11 nitrogen and oxygen atoms in total. The molecule has 12 heteroatoms. The first-order valence-electron chi connectivity index (χ1n) is 10.9. The van der Waals surface area contributed by atoms with Gasteiger partial charge in [0.2, 0.25) is 11.5 Å². The Bertz CT molecular complexity index is 1280. The Hall–Kier alpha value is -3.44. The van der Waals surface area contributed by atoms with E-state index in [9.17, 15) is 9.59 Å². The van der Waals surface area contributed by atoms with E-state index in [2.05, 4.69) is 15.5 Å². The Labute approximate surface area is 209 Å². The molecule has 0 unspecified atom stereocenters. The number of nitrogens with zero attached hydrogens (tertiary/aromatic N) is 4. The minimum Gasteiger partial charge on any atom is -0.491 e. The minimum absolute atomic E-state index is 0. The molecule has 190 valence electrons. The highest BCUT2D eigenvalue weighted by molar-refractivity contribution is 5.96. The van der Waals surface area contributed by atoms with Crippen LogP contribution < -0.4 is 20.4 Å². The Morgan fingerprint density at radius 1 is 1.17 bits per heavy atom. The number of hydrogen-bond donors (Lipinski definition) is 3. The molecule has 1 aromatic carbocycles. The van der Waals surface area contributed by atoms with Gasteiger partial charge in [0.25, 0.3) is 0 Å². The third-order valence-electron chi connectivity index (χ3n) is 5.02. The highest BCUT2D eigenvalue weighted by Crippen LogP contribution is 2.28. The van der Waals surface area contributed by atoms with E-state index >= 15 is 0 Å². The maximum atomic E-state index is 13.2. The summed E-state index contributed by atoms with van der Waals surface area (Å²) in [6.45, 7) is 9.78. The number of aliphatic hydroxyl groups excluding tert-OH is 1. The molecule has 0 aliphatic rings. The summed E-state index contributed by atoms with van der Waals surface area (Å²) in [4.78, 5) is 24.9. The zero-order valence-corrected chi connectivity index (χ0v) is 21.2. The minimum atomic E-state index is -0.651. The van der Waals surface area contributed by atoms with Crippen LogP contribution in [0.4, 0.5) is 4.79 Å². The fourth-order valence-corrected chi connectivity index (χ4v) is 3.23. The van der Waals surface area contributed by atoms with Crippen LogP contribution in [0.3, 0.4) is 0 Å². The van der Waals surface area contributed by atoms with Gasteiger partial charge in [0.05, 0.1) is 6.61 Å². The van der Waals surface area contributed by atoms with Gasteiger partial charge in [-0.3, -0.25) is 10.2 Å². The van der Waals surface area contributed by atoms with Crippen molar-refractivity contribution in [3.63, 3.8) is 0 Å². The molecule has 35 heavy (non-hydrogen) atoms. The van der Waals surface area contributed by atoms with Gasteiger partial charge in [0.15, 0.2) is 11.4 Å². The van der Waals surface area contributed by atoms with Crippen molar-refractivity contribution in [1.29, 1.82) is 5.41 Å². The molecule has 0 saturated carbocycles. The first-order chi connectivity index (χ1) is 16.0. The second kappa shape index (κ2) is 11.3. The van der Waals surface area contributed by atoms with Gasteiger partial charge in [-0.25, -0.2) is 9.48 Å². The number of carbonyl (C=O) groups is 2. The summed E-state index contributed by atoms with van der Waals surface area (Å²) < 4.78 is 13.2. The lowest BCUT2D eigenvalue weighted by molar-refractivity contribution is 0.0965. The summed E-state index contributed by atoms with van der Waals surface area (Å²) >= 11 is 0. The molecule has 0 radical (unpaired) electrons. The number of ether oxygens (including phenoxy) is 2. The van der Waals surface area contributed by atoms with Crippen LogP contribution in [0.1, 0.15) is 49.2 Å². The van der Waals surface area contributed by atoms with Crippen LogP contribution in [0.2, 0.25) is 0 Å². The SMILES string of the molecule is CCNC(=O)Oc1cc(C)c2nn(CC(=O)c3cc(OCCO)cc(C(C)(C)C)c3)c(=N)n2n1.Cl. The first-order valence-corrected chi connectivity index (χ1v) is 10.9. The lowest BCUT2D eigenvalue weighted by atomic mass is 9.85. The number of amides is 1.